The summed E-state index contributed by atoms with van der Waals surface area (Å²) in [5, 5.41) is 0. The van der Waals surface area contributed by atoms with Crippen molar-refractivity contribution in [3.63, 3.8) is 0 Å². The summed E-state index contributed by atoms with van der Waals surface area (Å²) < 4.78 is 0. The molecule has 0 unspecified atom stereocenters. The fraction of sp³-hybridized carbons (Fsp3) is 0.684. The smallest absolute Gasteiger partial charge is 0.00417 e. The topological polar surface area (TPSA) is 0 Å². The Morgan fingerprint density at radius 3 is 2.74 bits per heavy atom. The fourth-order valence-electron chi connectivity index (χ4n) is 4.79. The second-order valence-electron chi connectivity index (χ2n) is 7.50. The van der Waals surface area contributed by atoms with Crippen LogP contribution in [0.25, 0.3) is 0 Å². The molecule has 0 aromatic heterocycles. The standard InChI is InChI=1S/C19H28/c1-13(2)15-7-10-18-16(12-15)8-9-17-14(3)6-5-11-19(17,18)4/h7,10,12-14,17H,5-6,8-9,11H2,1-4H3/t14-,17+,19+/m0/s1. The van der Waals surface area contributed by atoms with Gasteiger partial charge in [-0.3, -0.25) is 0 Å². The van der Waals surface area contributed by atoms with E-state index in [1.807, 2.05) is 0 Å². The molecule has 0 heterocycles. The van der Waals surface area contributed by atoms with Gasteiger partial charge in [0.15, 0.2) is 0 Å². The van der Waals surface area contributed by atoms with Crippen LogP contribution in [0.5, 0.6) is 0 Å². The highest BCUT2D eigenvalue weighted by molar-refractivity contribution is 5.41. The van der Waals surface area contributed by atoms with Gasteiger partial charge in [-0.15, -0.1) is 0 Å². The zero-order chi connectivity index (χ0) is 13.6. The minimum Gasteiger partial charge on any atom is -0.0622 e. The predicted molar refractivity (Wildman–Crippen MR) is 82.7 cm³/mol. The van der Waals surface area contributed by atoms with E-state index < -0.39 is 0 Å². The third kappa shape index (κ3) is 2.04. The van der Waals surface area contributed by atoms with Gasteiger partial charge in [0.05, 0.1) is 0 Å². The van der Waals surface area contributed by atoms with E-state index in [9.17, 15) is 0 Å². The molecule has 0 bridgehead atoms. The summed E-state index contributed by atoms with van der Waals surface area (Å²) >= 11 is 0. The first kappa shape index (κ1) is 13.2. The Balaban J connectivity index is 2.04. The minimum absolute atomic E-state index is 0.459. The fourth-order valence-corrected chi connectivity index (χ4v) is 4.79. The third-order valence-corrected chi connectivity index (χ3v) is 6.00. The van der Waals surface area contributed by atoms with E-state index in [1.54, 1.807) is 11.1 Å². The van der Waals surface area contributed by atoms with E-state index in [2.05, 4.69) is 45.9 Å². The van der Waals surface area contributed by atoms with Gasteiger partial charge in [-0.25, -0.2) is 0 Å². The van der Waals surface area contributed by atoms with E-state index >= 15 is 0 Å². The molecule has 0 N–H and O–H groups in total. The van der Waals surface area contributed by atoms with Crippen molar-refractivity contribution in [3.8, 4) is 0 Å². The average molecular weight is 256 g/mol. The summed E-state index contributed by atoms with van der Waals surface area (Å²) in [7, 11) is 0. The molecule has 3 atom stereocenters. The molecule has 0 aliphatic heterocycles. The van der Waals surface area contributed by atoms with E-state index in [-0.39, 0.29) is 0 Å². The molecule has 3 rings (SSSR count). The summed E-state index contributed by atoms with van der Waals surface area (Å²) in [6.45, 7) is 9.63. The highest BCUT2D eigenvalue weighted by Gasteiger charge is 2.44. The maximum atomic E-state index is 2.54. The van der Waals surface area contributed by atoms with Crippen molar-refractivity contribution in [2.75, 3.05) is 0 Å². The highest BCUT2D eigenvalue weighted by atomic mass is 14.5. The van der Waals surface area contributed by atoms with Crippen LogP contribution < -0.4 is 0 Å². The van der Waals surface area contributed by atoms with Gasteiger partial charge in [0, 0.05) is 0 Å². The molecule has 0 saturated heterocycles. The zero-order valence-corrected chi connectivity index (χ0v) is 13.0. The van der Waals surface area contributed by atoms with Crippen molar-refractivity contribution in [1.29, 1.82) is 0 Å². The van der Waals surface area contributed by atoms with Crippen LogP contribution in [-0.2, 0) is 11.8 Å². The Bertz CT molecular complexity index is 471. The SMILES string of the molecule is CC(C)c1ccc2c(c1)CC[C@@H]1[C@@H](C)CCC[C@@]21C. The molecule has 0 amide bonds. The van der Waals surface area contributed by atoms with Crippen molar-refractivity contribution in [2.24, 2.45) is 11.8 Å². The molecule has 1 fully saturated rings. The number of fused-ring (bicyclic) bond motifs is 3. The molecule has 19 heavy (non-hydrogen) atoms. The van der Waals surface area contributed by atoms with E-state index in [0.717, 1.165) is 11.8 Å². The lowest BCUT2D eigenvalue weighted by Crippen LogP contribution is -2.43. The normalized spacial score (nSPS) is 33.9. The van der Waals surface area contributed by atoms with Crippen LogP contribution in [0.3, 0.4) is 0 Å². The minimum atomic E-state index is 0.459. The van der Waals surface area contributed by atoms with Gasteiger partial charge < -0.3 is 0 Å². The van der Waals surface area contributed by atoms with Gasteiger partial charge in [-0.05, 0) is 59.1 Å². The van der Waals surface area contributed by atoms with E-state index in [0.29, 0.717) is 11.3 Å². The van der Waals surface area contributed by atoms with Crippen LogP contribution in [0.4, 0.5) is 0 Å². The molecule has 0 nitrogen and oxygen atoms in total. The summed E-state index contributed by atoms with van der Waals surface area (Å²) in [4.78, 5) is 0. The summed E-state index contributed by atoms with van der Waals surface area (Å²) in [6, 6.07) is 7.35. The van der Waals surface area contributed by atoms with Crippen molar-refractivity contribution >= 4 is 0 Å². The third-order valence-electron chi connectivity index (χ3n) is 6.00. The van der Waals surface area contributed by atoms with Gasteiger partial charge in [0.1, 0.15) is 0 Å². The Morgan fingerprint density at radius 1 is 1.21 bits per heavy atom. The first-order valence-corrected chi connectivity index (χ1v) is 8.15. The largest absolute Gasteiger partial charge is 0.0622 e. The molecule has 1 aromatic rings. The number of rotatable bonds is 1. The lowest BCUT2D eigenvalue weighted by atomic mass is 9.55. The Hall–Kier alpha value is -0.780. The van der Waals surface area contributed by atoms with Crippen LogP contribution in [0.1, 0.15) is 76.0 Å². The second kappa shape index (κ2) is 4.65. The molecule has 1 saturated carbocycles. The lowest BCUT2D eigenvalue weighted by Gasteiger charge is -2.49. The van der Waals surface area contributed by atoms with Gasteiger partial charge in [-0.2, -0.15) is 0 Å². The Morgan fingerprint density at radius 2 is 2.00 bits per heavy atom. The number of hydrogen-bond acceptors (Lipinski definition) is 0. The maximum absolute atomic E-state index is 2.54. The number of benzene rings is 1. The molecular formula is C19H28. The van der Waals surface area contributed by atoms with Crippen LogP contribution in [0.15, 0.2) is 18.2 Å². The van der Waals surface area contributed by atoms with Gasteiger partial charge in [-0.1, -0.05) is 58.7 Å². The monoisotopic (exact) mass is 256 g/mol. The van der Waals surface area contributed by atoms with Gasteiger partial charge in [0.2, 0.25) is 0 Å². The Labute approximate surface area is 118 Å². The molecule has 2 aliphatic rings. The van der Waals surface area contributed by atoms with E-state index in [1.165, 1.54) is 37.7 Å². The molecule has 0 radical (unpaired) electrons. The van der Waals surface area contributed by atoms with Gasteiger partial charge in [0.25, 0.3) is 0 Å². The van der Waals surface area contributed by atoms with Crippen LogP contribution in [-0.4, -0.2) is 0 Å². The summed E-state index contributed by atoms with van der Waals surface area (Å²) in [5.74, 6) is 2.48. The zero-order valence-electron chi connectivity index (χ0n) is 13.0. The molecular weight excluding hydrogens is 228 g/mol. The van der Waals surface area contributed by atoms with Crippen molar-refractivity contribution in [2.45, 2.75) is 71.1 Å². The molecule has 1 aromatic carbocycles. The van der Waals surface area contributed by atoms with Gasteiger partial charge >= 0.3 is 0 Å². The summed E-state index contributed by atoms with van der Waals surface area (Å²) in [5.41, 5.74) is 5.31. The maximum Gasteiger partial charge on any atom is -0.00417 e. The molecule has 104 valence electrons. The van der Waals surface area contributed by atoms with E-state index in [4.69, 9.17) is 0 Å². The predicted octanol–water partition coefficient (Wildman–Crippen LogP) is 5.45. The van der Waals surface area contributed by atoms with Crippen molar-refractivity contribution in [3.05, 3.63) is 34.9 Å². The Kier molecular flexibility index (Phi) is 3.23. The average Bonchev–Trinajstić information content (AvgIpc) is 2.38. The number of hydrogen-bond donors (Lipinski definition) is 0. The molecule has 0 spiro atoms. The highest BCUT2D eigenvalue weighted by Crippen LogP contribution is 2.52. The number of aryl methyl sites for hydroxylation is 1. The van der Waals surface area contributed by atoms with Crippen LogP contribution in [0.2, 0.25) is 0 Å². The van der Waals surface area contributed by atoms with Crippen molar-refractivity contribution in [1.82, 2.24) is 0 Å². The first-order chi connectivity index (χ1) is 9.02. The molecule has 2 aliphatic carbocycles. The lowest BCUT2D eigenvalue weighted by molar-refractivity contribution is 0.118. The summed E-state index contributed by atoms with van der Waals surface area (Å²) in [6.07, 6.45) is 6.97. The second-order valence-corrected chi connectivity index (χ2v) is 7.50. The van der Waals surface area contributed by atoms with Crippen molar-refractivity contribution < 1.29 is 0 Å². The van der Waals surface area contributed by atoms with Crippen LogP contribution >= 0.6 is 0 Å². The quantitative estimate of drug-likeness (QED) is 0.626. The first-order valence-electron chi connectivity index (χ1n) is 8.15. The van der Waals surface area contributed by atoms with Crippen LogP contribution in [0, 0.1) is 11.8 Å². The molecule has 0 heteroatoms.